The zero-order chi connectivity index (χ0) is 26.3. The maximum Gasteiger partial charge on any atom is 0.171 e. The normalized spacial score (nSPS) is 11.7. The molecule has 0 N–H and O–H groups in total. The highest BCUT2D eigenvalue weighted by molar-refractivity contribution is 7.85. The molecule has 6 aromatic rings. The molecule has 0 aliphatic heterocycles. The predicted octanol–water partition coefficient (Wildman–Crippen LogP) is 7.92. The third kappa shape index (κ3) is 3.93. The molecule has 0 bridgehead atoms. The quantitative estimate of drug-likeness (QED) is 0.219. The number of benzene rings is 6. The summed E-state index contributed by atoms with van der Waals surface area (Å²) in [6, 6.07) is 41.1. The largest absolute Gasteiger partial charge is 0.496 e. The average Bonchev–Trinajstić information content (AvgIpc) is 2.96. The summed E-state index contributed by atoms with van der Waals surface area (Å²) >= 11 is 0. The van der Waals surface area contributed by atoms with E-state index < -0.39 is 7.14 Å². The molecule has 0 aromatic heterocycles. The number of hydrogen-bond donors (Lipinski definition) is 0. The minimum Gasteiger partial charge on any atom is -0.496 e. The SMILES string of the molecule is COc1ccc2ccc(C)cc2c1-c1c(P(=O)(c2ccccc2)c2ccccc2)ccc2ccc(C)cc12. The second-order valence-corrected chi connectivity index (χ2v) is 12.6. The van der Waals surface area contributed by atoms with Crippen molar-refractivity contribution in [1.82, 2.24) is 0 Å². The highest BCUT2D eigenvalue weighted by Crippen LogP contribution is 2.49. The van der Waals surface area contributed by atoms with E-state index in [0.717, 1.165) is 59.9 Å². The number of rotatable bonds is 5. The number of aryl methyl sites for hydroxylation is 2. The van der Waals surface area contributed by atoms with Crippen LogP contribution >= 0.6 is 7.14 Å². The third-order valence-electron chi connectivity index (χ3n) is 7.34. The average molecular weight is 513 g/mol. The van der Waals surface area contributed by atoms with E-state index in [0.29, 0.717) is 0 Å². The van der Waals surface area contributed by atoms with Gasteiger partial charge in [0.25, 0.3) is 0 Å². The van der Waals surface area contributed by atoms with Crippen molar-refractivity contribution in [1.29, 1.82) is 0 Å². The summed E-state index contributed by atoms with van der Waals surface area (Å²) in [7, 11) is -1.56. The second kappa shape index (κ2) is 9.63. The number of fused-ring (bicyclic) bond motifs is 2. The zero-order valence-electron chi connectivity index (χ0n) is 21.8. The van der Waals surface area contributed by atoms with Gasteiger partial charge in [-0.15, -0.1) is 0 Å². The maximum absolute atomic E-state index is 15.7. The maximum atomic E-state index is 15.7. The molecule has 0 fully saturated rings. The highest BCUT2D eigenvalue weighted by atomic mass is 31.2. The van der Waals surface area contributed by atoms with Gasteiger partial charge in [-0.2, -0.15) is 0 Å². The van der Waals surface area contributed by atoms with E-state index in [1.165, 1.54) is 5.56 Å². The van der Waals surface area contributed by atoms with Gasteiger partial charge in [0.2, 0.25) is 0 Å². The van der Waals surface area contributed by atoms with E-state index in [1.807, 2.05) is 66.7 Å². The van der Waals surface area contributed by atoms with Crippen LogP contribution in [0.3, 0.4) is 0 Å². The summed E-state index contributed by atoms with van der Waals surface area (Å²) in [6.07, 6.45) is 0. The summed E-state index contributed by atoms with van der Waals surface area (Å²) in [5.41, 5.74) is 4.27. The van der Waals surface area contributed by atoms with Crippen LogP contribution in [0.25, 0.3) is 32.7 Å². The fraction of sp³-hybridized carbons (Fsp3) is 0.0857. The molecule has 3 heteroatoms. The van der Waals surface area contributed by atoms with Crippen LogP contribution in [0.15, 0.2) is 121 Å². The first-order valence-electron chi connectivity index (χ1n) is 12.8. The lowest BCUT2D eigenvalue weighted by Crippen LogP contribution is -2.26. The number of hydrogen-bond acceptors (Lipinski definition) is 2. The molecule has 38 heavy (non-hydrogen) atoms. The second-order valence-electron chi connectivity index (χ2n) is 9.83. The van der Waals surface area contributed by atoms with Crippen molar-refractivity contribution in [3.8, 4) is 16.9 Å². The monoisotopic (exact) mass is 512 g/mol. The Bertz CT molecular complexity index is 1800. The molecule has 0 unspecified atom stereocenters. The summed E-state index contributed by atoms with van der Waals surface area (Å²) in [5.74, 6) is 0.769. The fourth-order valence-electron chi connectivity index (χ4n) is 5.49. The standard InChI is InChI=1S/C35H29O2P/c1-24-14-16-26-18-20-32(37-3)34(30(26)22-24)35-31-23-25(2)15-17-27(31)19-21-33(35)38(36,28-10-6-4-7-11-28)29-12-8-5-9-13-29/h4-23H,1-3H3. The minimum absolute atomic E-state index is 0.769. The van der Waals surface area contributed by atoms with Crippen LogP contribution in [0.4, 0.5) is 0 Å². The van der Waals surface area contributed by atoms with Crippen LogP contribution < -0.4 is 20.7 Å². The topological polar surface area (TPSA) is 26.3 Å². The molecule has 0 spiro atoms. The molecule has 0 aliphatic carbocycles. The van der Waals surface area contributed by atoms with Gasteiger partial charge in [0.15, 0.2) is 7.14 Å². The van der Waals surface area contributed by atoms with Crippen LogP contribution in [0, 0.1) is 13.8 Å². The van der Waals surface area contributed by atoms with E-state index >= 15 is 4.57 Å². The lowest BCUT2D eigenvalue weighted by atomic mass is 9.91. The van der Waals surface area contributed by atoms with Crippen LogP contribution in [0.1, 0.15) is 11.1 Å². The van der Waals surface area contributed by atoms with Crippen molar-refractivity contribution in [3.05, 3.63) is 132 Å². The van der Waals surface area contributed by atoms with Gasteiger partial charge in [-0.25, -0.2) is 0 Å². The molecule has 0 radical (unpaired) electrons. The molecule has 6 aromatic carbocycles. The van der Waals surface area contributed by atoms with Gasteiger partial charge in [-0.05, 0) is 47.5 Å². The minimum atomic E-state index is -3.27. The summed E-state index contributed by atoms with van der Waals surface area (Å²) in [6.45, 7) is 4.21. The molecule has 6 rings (SSSR count). The van der Waals surface area contributed by atoms with Crippen molar-refractivity contribution in [2.45, 2.75) is 13.8 Å². The Kier molecular flexibility index (Phi) is 6.14. The lowest BCUT2D eigenvalue weighted by Gasteiger charge is -2.26. The van der Waals surface area contributed by atoms with Gasteiger partial charge >= 0.3 is 0 Å². The third-order valence-corrected chi connectivity index (χ3v) is 10.4. The van der Waals surface area contributed by atoms with E-state index in [1.54, 1.807) is 7.11 Å². The van der Waals surface area contributed by atoms with Gasteiger partial charge < -0.3 is 9.30 Å². The molecular formula is C35H29O2P. The Morgan fingerprint density at radius 3 is 1.55 bits per heavy atom. The first kappa shape index (κ1) is 24.2. The van der Waals surface area contributed by atoms with Gasteiger partial charge in [0.05, 0.1) is 7.11 Å². The smallest absolute Gasteiger partial charge is 0.171 e. The molecule has 0 amide bonds. The van der Waals surface area contributed by atoms with Gasteiger partial charge in [0, 0.05) is 27.0 Å². The summed E-state index contributed by atoms with van der Waals surface area (Å²) < 4.78 is 21.7. The van der Waals surface area contributed by atoms with E-state index in [-0.39, 0.29) is 0 Å². The summed E-state index contributed by atoms with van der Waals surface area (Å²) in [5, 5.41) is 6.84. The van der Waals surface area contributed by atoms with Crippen molar-refractivity contribution < 1.29 is 9.30 Å². The van der Waals surface area contributed by atoms with Crippen molar-refractivity contribution in [2.24, 2.45) is 0 Å². The lowest BCUT2D eigenvalue weighted by molar-refractivity contribution is 0.417. The van der Waals surface area contributed by atoms with Crippen molar-refractivity contribution >= 4 is 44.6 Å². The molecule has 0 saturated carbocycles. The Labute approximate surface area is 223 Å². The Balaban J connectivity index is 1.85. The highest BCUT2D eigenvalue weighted by Gasteiger charge is 2.34. The van der Waals surface area contributed by atoms with E-state index in [2.05, 4.69) is 68.4 Å². The van der Waals surface area contributed by atoms with E-state index in [9.17, 15) is 0 Å². The van der Waals surface area contributed by atoms with Crippen molar-refractivity contribution in [2.75, 3.05) is 7.11 Å². The number of methoxy groups -OCH3 is 1. The Morgan fingerprint density at radius 1 is 0.553 bits per heavy atom. The molecule has 0 aliphatic rings. The number of ether oxygens (including phenoxy) is 1. The Hall–Kier alpha value is -4.13. The first-order chi connectivity index (χ1) is 18.5. The zero-order valence-corrected chi connectivity index (χ0v) is 22.7. The molecule has 186 valence electrons. The predicted molar refractivity (Wildman–Crippen MR) is 162 cm³/mol. The van der Waals surface area contributed by atoms with Gasteiger partial charge in [-0.3, -0.25) is 0 Å². The van der Waals surface area contributed by atoms with Gasteiger partial charge in [0.1, 0.15) is 5.75 Å². The molecule has 0 heterocycles. The van der Waals surface area contributed by atoms with Crippen LogP contribution in [0.5, 0.6) is 5.75 Å². The van der Waals surface area contributed by atoms with Crippen LogP contribution in [-0.4, -0.2) is 7.11 Å². The fourth-order valence-corrected chi connectivity index (χ4v) is 8.36. The molecule has 0 atom stereocenters. The first-order valence-corrected chi connectivity index (χ1v) is 14.5. The van der Waals surface area contributed by atoms with Crippen molar-refractivity contribution in [3.63, 3.8) is 0 Å². The van der Waals surface area contributed by atoms with Crippen LogP contribution in [0.2, 0.25) is 0 Å². The van der Waals surface area contributed by atoms with Gasteiger partial charge in [-0.1, -0.05) is 120 Å². The Morgan fingerprint density at radius 2 is 1.03 bits per heavy atom. The van der Waals surface area contributed by atoms with E-state index in [4.69, 9.17) is 4.74 Å². The molecular weight excluding hydrogens is 483 g/mol. The summed E-state index contributed by atoms with van der Waals surface area (Å²) in [4.78, 5) is 0. The van der Waals surface area contributed by atoms with Crippen LogP contribution in [-0.2, 0) is 4.57 Å². The molecule has 2 nitrogen and oxygen atoms in total. The molecule has 0 saturated heterocycles.